The van der Waals surface area contributed by atoms with Crippen LogP contribution < -0.4 is 0 Å². The number of carbonyl (C=O) groups is 1. The fourth-order valence-electron chi connectivity index (χ4n) is 2.23. The molecule has 2 rings (SSSR count). The Morgan fingerprint density at radius 2 is 2.24 bits per heavy atom. The number of amides is 1. The van der Waals surface area contributed by atoms with Gasteiger partial charge in [0.1, 0.15) is 5.75 Å². The van der Waals surface area contributed by atoms with Gasteiger partial charge >= 0.3 is 0 Å². The van der Waals surface area contributed by atoms with Crippen molar-refractivity contribution in [2.24, 2.45) is 0 Å². The maximum atomic E-state index is 12.3. The second-order valence-electron chi connectivity index (χ2n) is 4.50. The van der Waals surface area contributed by atoms with E-state index in [1.165, 1.54) is 6.42 Å². The summed E-state index contributed by atoms with van der Waals surface area (Å²) in [6.45, 7) is 2.85. The van der Waals surface area contributed by atoms with Gasteiger partial charge in [0.05, 0.1) is 5.56 Å². The number of likely N-dealkylation sites (tertiary alicyclic amines) is 1. The zero-order valence-electron chi connectivity index (χ0n) is 9.82. The maximum Gasteiger partial charge on any atom is 0.257 e. The molecule has 0 bridgehead atoms. The van der Waals surface area contributed by atoms with Crippen LogP contribution in [0.25, 0.3) is 0 Å². The van der Waals surface area contributed by atoms with Crippen LogP contribution in [-0.2, 0) is 0 Å². The highest BCUT2D eigenvalue weighted by Gasteiger charge is 2.25. The van der Waals surface area contributed by atoms with Gasteiger partial charge in [-0.3, -0.25) is 4.79 Å². The molecule has 1 N–H and O–H groups in total. The van der Waals surface area contributed by atoms with Crippen molar-refractivity contribution in [3.63, 3.8) is 0 Å². The summed E-state index contributed by atoms with van der Waals surface area (Å²) in [6.07, 6.45) is 3.26. The van der Waals surface area contributed by atoms with Crippen molar-refractivity contribution < 1.29 is 9.90 Å². The highest BCUT2D eigenvalue weighted by molar-refractivity contribution is 9.10. The summed E-state index contributed by atoms with van der Waals surface area (Å²) in [4.78, 5) is 14.2. The van der Waals surface area contributed by atoms with E-state index >= 15 is 0 Å². The van der Waals surface area contributed by atoms with Crippen molar-refractivity contribution in [2.45, 2.75) is 32.2 Å². The summed E-state index contributed by atoms with van der Waals surface area (Å²) in [5.74, 6) is -0.0213. The second-order valence-corrected chi connectivity index (χ2v) is 5.42. The Kier molecular flexibility index (Phi) is 3.72. The van der Waals surface area contributed by atoms with Crippen LogP contribution in [0, 0.1) is 0 Å². The molecule has 1 aromatic carbocycles. The molecule has 0 aliphatic carbocycles. The van der Waals surface area contributed by atoms with Gasteiger partial charge in [0.15, 0.2) is 0 Å². The van der Waals surface area contributed by atoms with E-state index in [2.05, 4.69) is 22.9 Å². The van der Waals surface area contributed by atoms with Crippen LogP contribution in [0.2, 0.25) is 0 Å². The molecule has 92 valence electrons. The number of phenolic OH excluding ortho intramolecular Hbond substituents is 1. The summed E-state index contributed by atoms with van der Waals surface area (Å²) >= 11 is 3.32. The lowest BCUT2D eigenvalue weighted by Gasteiger charge is -2.33. The SMILES string of the molecule is CC1CCCCN1C(=O)c1cc(Br)ccc1O. The molecule has 1 saturated heterocycles. The normalized spacial score (nSPS) is 20.4. The topological polar surface area (TPSA) is 40.5 Å². The Labute approximate surface area is 110 Å². The third kappa shape index (κ3) is 2.63. The predicted molar refractivity (Wildman–Crippen MR) is 70.2 cm³/mol. The van der Waals surface area contributed by atoms with Gasteiger partial charge in [-0.05, 0) is 44.4 Å². The second kappa shape index (κ2) is 5.08. The smallest absolute Gasteiger partial charge is 0.257 e. The number of aromatic hydroxyl groups is 1. The van der Waals surface area contributed by atoms with Gasteiger partial charge < -0.3 is 10.0 Å². The van der Waals surface area contributed by atoms with Crippen LogP contribution in [0.3, 0.4) is 0 Å². The lowest BCUT2D eigenvalue weighted by atomic mass is 10.0. The first-order chi connectivity index (χ1) is 8.09. The third-order valence-corrected chi connectivity index (χ3v) is 3.75. The number of phenols is 1. The average Bonchev–Trinajstić information content (AvgIpc) is 2.32. The van der Waals surface area contributed by atoms with Crippen molar-refractivity contribution in [1.82, 2.24) is 4.90 Å². The van der Waals surface area contributed by atoms with Crippen LogP contribution in [0.5, 0.6) is 5.75 Å². The minimum absolute atomic E-state index is 0.0518. The molecule has 1 aromatic rings. The molecule has 1 amide bonds. The van der Waals surface area contributed by atoms with E-state index in [1.54, 1.807) is 18.2 Å². The first kappa shape index (κ1) is 12.4. The Balaban J connectivity index is 2.26. The average molecular weight is 298 g/mol. The lowest BCUT2D eigenvalue weighted by molar-refractivity contribution is 0.0632. The number of carbonyl (C=O) groups excluding carboxylic acids is 1. The monoisotopic (exact) mass is 297 g/mol. The van der Waals surface area contributed by atoms with Crippen LogP contribution in [0.4, 0.5) is 0 Å². The van der Waals surface area contributed by atoms with Gasteiger partial charge in [-0.15, -0.1) is 0 Å². The number of nitrogens with zero attached hydrogens (tertiary/aromatic N) is 1. The molecule has 17 heavy (non-hydrogen) atoms. The minimum Gasteiger partial charge on any atom is -0.507 e. The molecule has 1 atom stereocenters. The number of hydrogen-bond acceptors (Lipinski definition) is 2. The molecular weight excluding hydrogens is 282 g/mol. The molecule has 1 heterocycles. The number of halogens is 1. The van der Waals surface area contributed by atoms with E-state index in [4.69, 9.17) is 0 Å². The Bertz CT molecular complexity index is 433. The third-order valence-electron chi connectivity index (χ3n) is 3.25. The molecule has 4 heteroatoms. The zero-order chi connectivity index (χ0) is 12.4. The summed E-state index contributed by atoms with van der Waals surface area (Å²) < 4.78 is 0.809. The number of benzene rings is 1. The predicted octanol–water partition coefficient (Wildman–Crippen LogP) is 3.17. The quantitative estimate of drug-likeness (QED) is 0.865. The summed E-state index contributed by atoms with van der Waals surface area (Å²) in [5, 5.41) is 9.75. The Morgan fingerprint density at radius 3 is 2.94 bits per heavy atom. The first-order valence-electron chi connectivity index (χ1n) is 5.89. The summed E-state index contributed by atoms with van der Waals surface area (Å²) in [6, 6.07) is 5.21. The van der Waals surface area contributed by atoms with Gasteiger partial charge in [-0.1, -0.05) is 15.9 Å². The van der Waals surface area contributed by atoms with E-state index < -0.39 is 0 Å². The molecule has 1 aliphatic rings. The van der Waals surface area contributed by atoms with Gasteiger partial charge in [-0.25, -0.2) is 0 Å². The molecule has 1 fully saturated rings. The molecule has 1 aliphatic heterocycles. The number of rotatable bonds is 1. The Hall–Kier alpha value is -1.03. The van der Waals surface area contributed by atoms with Crippen LogP contribution in [-0.4, -0.2) is 28.5 Å². The van der Waals surface area contributed by atoms with Crippen LogP contribution in [0.1, 0.15) is 36.5 Å². The summed E-state index contributed by atoms with van der Waals surface area (Å²) in [5.41, 5.74) is 0.383. The molecule has 0 radical (unpaired) electrons. The van der Waals surface area contributed by atoms with Crippen molar-refractivity contribution in [1.29, 1.82) is 0 Å². The highest BCUT2D eigenvalue weighted by atomic mass is 79.9. The van der Waals surface area contributed by atoms with Crippen molar-refractivity contribution >= 4 is 21.8 Å². The van der Waals surface area contributed by atoms with Gasteiger partial charge in [-0.2, -0.15) is 0 Å². The molecule has 0 spiro atoms. The first-order valence-corrected chi connectivity index (χ1v) is 6.68. The number of piperidine rings is 1. The highest BCUT2D eigenvalue weighted by Crippen LogP contribution is 2.26. The van der Waals surface area contributed by atoms with E-state index in [9.17, 15) is 9.90 Å². The van der Waals surface area contributed by atoms with Crippen molar-refractivity contribution in [3.05, 3.63) is 28.2 Å². The van der Waals surface area contributed by atoms with Crippen LogP contribution in [0.15, 0.2) is 22.7 Å². The fourth-order valence-corrected chi connectivity index (χ4v) is 2.60. The van der Waals surface area contributed by atoms with E-state index in [1.807, 2.05) is 4.90 Å². The van der Waals surface area contributed by atoms with Gasteiger partial charge in [0.2, 0.25) is 0 Å². The molecule has 1 unspecified atom stereocenters. The van der Waals surface area contributed by atoms with E-state index in [-0.39, 0.29) is 17.7 Å². The Morgan fingerprint density at radius 1 is 1.47 bits per heavy atom. The zero-order valence-corrected chi connectivity index (χ0v) is 11.4. The maximum absolute atomic E-state index is 12.3. The molecular formula is C13H16BrNO2. The molecule has 0 aromatic heterocycles. The molecule has 0 saturated carbocycles. The van der Waals surface area contributed by atoms with E-state index in [0.29, 0.717) is 5.56 Å². The van der Waals surface area contributed by atoms with Gasteiger partial charge in [0.25, 0.3) is 5.91 Å². The largest absolute Gasteiger partial charge is 0.507 e. The standard InChI is InChI=1S/C13H16BrNO2/c1-9-4-2-3-7-15(9)13(17)11-8-10(14)5-6-12(11)16/h5-6,8-9,16H,2-4,7H2,1H3. The fraction of sp³-hybridized carbons (Fsp3) is 0.462. The van der Waals surface area contributed by atoms with E-state index in [0.717, 1.165) is 23.9 Å². The number of hydrogen-bond donors (Lipinski definition) is 1. The van der Waals surface area contributed by atoms with Gasteiger partial charge in [0, 0.05) is 17.1 Å². The van der Waals surface area contributed by atoms with Crippen molar-refractivity contribution in [2.75, 3.05) is 6.54 Å². The lowest BCUT2D eigenvalue weighted by Crippen LogP contribution is -2.42. The summed E-state index contributed by atoms with van der Waals surface area (Å²) in [7, 11) is 0. The van der Waals surface area contributed by atoms with Crippen molar-refractivity contribution in [3.8, 4) is 5.75 Å². The van der Waals surface area contributed by atoms with Crippen LogP contribution >= 0.6 is 15.9 Å². The molecule has 3 nitrogen and oxygen atoms in total. The minimum atomic E-state index is -0.0731.